The minimum absolute atomic E-state index is 0.0945. The second-order valence-corrected chi connectivity index (χ2v) is 3.59. The van der Waals surface area contributed by atoms with Crippen LogP contribution >= 0.6 is 34.8 Å². The summed E-state index contributed by atoms with van der Waals surface area (Å²) in [7, 11) is 1.43. The van der Waals surface area contributed by atoms with Crippen molar-refractivity contribution in [2.24, 2.45) is 0 Å². The van der Waals surface area contributed by atoms with Gasteiger partial charge in [0.15, 0.2) is 5.75 Å². The van der Waals surface area contributed by atoms with Gasteiger partial charge in [0.25, 0.3) is 0 Å². The molecule has 0 heterocycles. The van der Waals surface area contributed by atoms with Crippen molar-refractivity contribution in [3.05, 3.63) is 27.2 Å². The summed E-state index contributed by atoms with van der Waals surface area (Å²) in [6, 6.07) is 2.88. The molecule has 14 heavy (non-hydrogen) atoms. The predicted octanol–water partition coefficient (Wildman–Crippen LogP) is 3.37. The normalized spacial score (nSPS) is 9.71. The van der Waals surface area contributed by atoms with Crippen LogP contribution in [-0.4, -0.2) is 13.1 Å². The fourth-order valence-corrected chi connectivity index (χ4v) is 1.66. The molecule has 0 fully saturated rings. The van der Waals surface area contributed by atoms with Crippen LogP contribution in [0.1, 0.15) is 0 Å². The van der Waals surface area contributed by atoms with Gasteiger partial charge in [-0.15, -0.1) is 0 Å². The average molecular weight is 254 g/mol. The van der Waals surface area contributed by atoms with Gasteiger partial charge in [-0.3, -0.25) is 0 Å². The van der Waals surface area contributed by atoms with Crippen LogP contribution in [-0.2, 0) is 0 Å². The number of hydrogen-bond donors (Lipinski definition) is 1. The van der Waals surface area contributed by atoms with Gasteiger partial charge in [-0.25, -0.2) is 4.79 Å². The Hall–Kier alpha value is -0.640. The van der Waals surface area contributed by atoms with Crippen LogP contribution in [0, 0.1) is 0 Å². The molecule has 3 nitrogen and oxygen atoms in total. The molecule has 0 spiro atoms. The van der Waals surface area contributed by atoms with Crippen LogP contribution in [0.25, 0.3) is 0 Å². The van der Waals surface area contributed by atoms with Crippen LogP contribution in [0.15, 0.2) is 12.1 Å². The summed E-state index contributed by atoms with van der Waals surface area (Å²) in [5.74, 6) is 0.0945. The Morgan fingerprint density at radius 2 is 1.79 bits per heavy atom. The number of ether oxygens (including phenoxy) is 1. The lowest BCUT2D eigenvalue weighted by Gasteiger charge is -2.07. The Kier molecular flexibility index (Phi) is 3.86. The molecular weight excluding hydrogens is 248 g/mol. The highest BCUT2D eigenvalue weighted by atomic mass is 35.5. The van der Waals surface area contributed by atoms with Gasteiger partial charge in [-0.1, -0.05) is 34.8 Å². The monoisotopic (exact) mass is 253 g/mol. The summed E-state index contributed by atoms with van der Waals surface area (Å²) in [5, 5.41) is 3.02. The van der Waals surface area contributed by atoms with E-state index in [1.807, 2.05) is 0 Å². The van der Waals surface area contributed by atoms with Gasteiger partial charge in [0.1, 0.15) is 0 Å². The first-order chi connectivity index (χ1) is 6.54. The summed E-state index contributed by atoms with van der Waals surface area (Å²) in [5.41, 5.74) is 0. The van der Waals surface area contributed by atoms with Crippen LogP contribution in [0.3, 0.4) is 0 Å². The van der Waals surface area contributed by atoms with Gasteiger partial charge >= 0.3 is 6.09 Å². The van der Waals surface area contributed by atoms with Crippen molar-refractivity contribution in [2.45, 2.75) is 0 Å². The molecule has 0 aromatic heterocycles. The van der Waals surface area contributed by atoms with E-state index in [2.05, 4.69) is 5.32 Å². The number of rotatable bonds is 1. The first-order valence-electron chi connectivity index (χ1n) is 3.58. The third-order valence-electron chi connectivity index (χ3n) is 1.36. The van der Waals surface area contributed by atoms with Crippen molar-refractivity contribution in [3.63, 3.8) is 0 Å². The second-order valence-electron chi connectivity index (χ2n) is 2.34. The standard InChI is InChI=1S/C8H6Cl3NO2/c1-12-8(13)14-7-5(10)2-4(9)3-6(7)11/h2-3H,1H3,(H,12,13). The summed E-state index contributed by atoms with van der Waals surface area (Å²) in [6.07, 6.45) is -0.642. The number of benzene rings is 1. The highest BCUT2D eigenvalue weighted by Crippen LogP contribution is 2.35. The number of halogens is 3. The molecule has 0 radical (unpaired) electrons. The summed E-state index contributed by atoms with van der Waals surface area (Å²) < 4.78 is 4.81. The van der Waals surface area contributed by atoms with Crippen LogP contribution < -0.4 is 10.1 Å². The number of hydrogen-bond acceptors (Lipinski definition) is 2. The molecule has 1 aromatic rings. The predicted molar refractivity (Wildman–Crippen MR) is 56.6 cm³/mol. The van der Waals surface area contributed by atoms with E-state index in [0.29, 0.717) is 5.02 Å². The molecule has 0 aliphatic heterocycles. The molecule has 0 saturated carbocycles. The molecule has 1 amide bonds. The minimum Gasteiger partial charge on any atom is -0.407 e. The van der Waals surface area contributed by atoms with Crippen molar-refractivity contribution in [2.75, 3.05) is 7.05 Å². The van der Waals surface area contributed by atoms with Gasteiger partial charge in [-0.2, -0.15) is 0 Å². The van der Waals surface area contributed by atoms with Crippen molar-refractivity contribution < 1.29 is 9.53 Å². The molecular formula is C8H6Cl3NO2. The van der Waals surface area contributed by atoms with Crippen molar-refractivity contribution >= 4 is 40.9 Å². The Morgan fingerprint density at radius 1 is 1.29 bits per heavy atom. The van der Waals surface area contributed by atoms with Gasteiger partial charge in [0.2, 0.25) is 0 Å². The molecule has 0 aliphatic rings. The lowest BCUT2D eigenvalue weighted by Crippen LogP contribution is -2.22. The summed E-state index contributed by atoms with van der Waals surface area (Å²) in [6.45, 7) is 0. The molecule has 0 bridgehead atoms. The van der Waals surface area contributed by atoms with E-state index in [9.17, 15) is 4.79 Å². The molecule has 1 rings (SSSR count). The van der Waals surface area contributed by atoms with E-state index < -0.39 is 6.09 Å². The third-order valence-corrected chi connectivity index (χ3v) is 2.14. The highest BCUT2D eigenvalue weighted by molar-refractivity contribution is 6.40. The molecule has 0 saturated heterocycles. The Balaban J connectivity index is 3.02. The smallest absolute Gasteiger partial charge is 0.407 e. The first-order valence-corrected chi connectivity index (χ1v) is 4.72. The molecule has 0 aliphatic carbocycles. The van der Waals surface area contributed by atoms with Gasteiger partial charge in [-0.05, 0) is 12.1 Å². The van der Waals surface area contributed by atoms with Crippen molar-refractivity contribution in [1.82, 2.24) is 5.32 Å². The quantitative estimate of drug-likeness (QED) is 0.834. The zero-order valence-electron chi connectivity index (χ0n) is 7.11. The van der Waals surface area contributed by atoms with Crippen molar-refractivity contribution in [3.8, 4) is 5.75 Å². The highest BCUT2D eigenvalue weighted by Gasteiger charge is 2.12. The van der Waals surface area contributed by atoms with Gasteiger partial charge in [0, 0.05) is 12.1 Å². The number of carbonyl (C=O) groups excluding carboxylic acids is 1. The van der Waals surface area contributed by atoms with Crippen LogP contribution in [0.4, 0.5) is 4.79 Å². The van der Waals surface area contributed by atoms with Crippen LogP contribution in [0.5, 0.6) is 5.75 Å². The van der Waals surface area contributed by atoms with E-state index in [1.165, 1.54) is 19.2 Å². The maximum atomic E-state index is 10.9. The number of carbonyl (C=O) groups is 1. The third kappa shape index (κ3) is 2.67. The molecule has 0 unspecified atom stereocenters. The second kappa shape index (κ2) is 4.73. The minimum atomic E-state index is -0.642. The number of amides is 1. The lowest BCUT2D eigenvalue weighted by molar-refractivity contribution is 0.203. The maximum absolute atomic E-state index is 10.9. The molecule has 1 N–H and O–H groups in total. The zero-order valence-corrected chi connectivity index (χ0v) is 9.37. The molecule has 0 atom stereocenters. The lowest BCUT2D eigenvalue weighted by atomic mass is 10.3. The first kappa shape index (κ1) is 11.4. The zero-order chi connectivity index (χ0) is 10.7. The van der Waals surface area contributed by atoms with E-state index in [0.717, 1.165) is 0 Å². The average Bonchev–Trinajstić information content (AvgIpc) is 2.10. The Bertz CT molecular complexity index is 345. The van der Waals surface area contributed by atoms with E-state index in [-0.39, 0.29) is 15.8 Å². The summed E-state index contributed by atoms with van der Waals surface area (Å²) in [4.78, 5) is 10.9. The van der Waals surface area contributed by atoms with Gasteiger partial charge in [0.05, 0.1) is 10.0 Å². The molecule has 76 valence electrons. The topological polar surface area (TPSA) is 38.3 Å². The Morgan fingerprint density at radius 3 is 2.21 bits per heavy atom. The fraction of sp³-hybridized carbons (Fsp3) is 0.125. The van der Waals surface area contributed by atoms with Gasteiger partial charge < -0.3 is 10.1 Å². The largest absolute Gasteiger partial charge is 0.412 e. The SMILES string of the molecule is CNC(=O)Oc1c(Cl)cc(Cl)cc1Cl. The molecule has 6 heteroatoms. The van der Waals surface area contributed by atoms with E-state index in [4.69, 9.17) is 39.5 Å². The Labute approximate surface area is 95.9 Å². The van der Waals surface area contributed by atoms with Crippen LogP contribution in [0.2, 0.25) is 15.1 Å². The van der Waals surface area contributed by atoms with E-state index >= 15 is 0 Å². The van der Waals surface area contributed by atoms with E-state index in [1.54, 1.807) is 0 Å². The number of nitrogens with one attached hydrogen (secondary N) is 1. The molecule has 1 aromatic carbocycles. The van der Waals surface area contributed by atoms with Crippen molar-refractivity contribution in [1.29, 1.82) is 0 Å². The fourth-order valence-electron chi connectivity index (χ4n) is 0.770. The summed E-state index contributed by atoms with van der Waals surface area (Å²) >= 11 is 17.2. The maximum Gasteiger partial charge on any atom is 0.412 e.